The highest BCUT2D eigenvalue weighted by Gasteiger charge is 2.23. The summed E-state index contributed by atoms with van der Waals surface area (Å²) in [5, 5.41) is 12.3. The molecule has 1 atom stereocenters. The van der Waals surface area contributed by atoms with E-state index in [1.807, 2.05) is 24.3 Å². The molecule has 0 saturated carbocycles. The molecule has 0 amide bonds. The molecule has 1 N–H and O–H groups in total. The largest absolute Gasteiger partial charge is 0.490 e. The van der Waals surface area contributed by atoms with E-state index < -0.39 is 6.10 Å². The second kappa shape index (κ2) is 10.7. The predicted octanol–water partition coefficient (Wildman–Crippen LogP) is 5.14. The quantitative estimate of drug-likeness (QED) is 0.387. The van der Waals surface area contributed by atoms with Crippen LogP contribution in [0, 0.1) is 0 Å². The molecule has 5 nitrogen and oxygen atoms in total. The minimum Gasteiger partial charge on any atom is -0.490 e. The van der Waals surface area contributed by atoms with Gasteiger partial charge in [0.15, 0.2) is 0 Å². The van der Waals surface area contributed by atoms with Gasteiger partial charge in [0, 0.05) is 55.0 Å². The number of halogens is 1. The lowest BCUT2D eigenvalue weighted by atomic mass is 9.98. The molecule has 1 aliphatic heterocycles. The Morgan fingerprint density at radius 1 is 0.892 bits per heavy atom. The van der Waals surface area contributed by atoms with Crippen LogP contribution in [0.25, 0.3) is 10.9 Å². The van der Waals surface area contributed by atoms with Crippen molar-refractivity contribution >= 4 is 28.2 Å². The molecule has 1 unspecified atom stereocenters. The third kappa shape index (κ3) is 5.30. The molecule has 6 heteroatoms. The molecule has 0 spiro atoms. The second-order valence-corrected chi connectivity index (χ2v) is 10.5. The van der Waals surface area contributed by atoms with Gasteiger partial charge < -0.3 is 14.7 Å². The molecule has 1 saturated heterocycles. The van der Waals surface area contributed by atoms with E-state index in [4.69, 9.17) is 16.3 Å². The minimum absolute atomic E-state index is 0.245. The Labute approximate surface area is 223 Å². The zero-order valence-corrected chi connectivity index (χ0v) is 21.7. The van der Waals surface area contributed by atoms with Crippen LogP contribution in [0.2, 0.25) is 5.02 Å². The molecule has 2 heterocycles. The average Bonchev–Trinajstić information content (AvgIpc) is 3.11. The van der Waals surface area contributed by atoms with E-state index in [1.165, 1.54) is 27.9 Å². The van der Waals surface area contributed by atoms with Gasteiger partial charge in [0.05, 0.1) is 5.52 Å². The molecule has 0 radical (unpaired) electrons. The maximum atomic E-state index is 10.7. The Bertz CT molecular complexity index is 1400. The van der Waals surface area contributed by atoms with Crippen molar-refractivity contribution in [3.8, 4) is 5.75 Å². The van der Waals surface area contributed by atoms with E-state index in [1.54, 1.807) is 6.20 Å². The standard InChI is InChI=1S/C31H32ClN3O2/c32-25-9-11-28-29(19-25)33-13-12-31(28)37-21-26(36)20-34-14-16-35(17-15-34)30-7-3-6-24-18-23-5-2-1-4-22(23)8-10-27(24)30/h1-7,9,11-13,19,26,36H,8,10,14-18,20-21H2. The van der Waals surface area contributed by atoms with Gasteiger partial charge in [-0.15, -0.1) is 0 Å². The number of aliphatic hydroxyl groups excluding tert-OH is 1. The Hall–Kier alpha value is -3.12. The van der Waals surface area contributed by atoms with E-state index in [0.29, 0.717) is 11.6 Å². The summed E-state index contributed by atoms with van der Waals surface area (Å²) in [5.74, 6) is 0.720. The van der Waals surface area contributed by atoms with Crippen LogP contribution in [0.4, 0.5) is 5.69 Å². The Kier molecular flexibility index (Phi) is 7.01. The van der Waals surface area contributed by atoms with Gasteiger partial charge in [0.1, 0.15) is 18.5 Å². The fraction of sp³-hybridized carbons (Fsp3) is 0.323. The monoisotopic (exact) mass is 513 g/mol. The van der Waals surface area contributed by atoms with Gasteiger partial charge in [0.2, 0.25) is 0 Å². The van der Waals surface area contributed by atoms with Crippen LogP contribution in [0.3, 0.4) is 0 Å². The van der Waals surface area contributed by atoms with Gasteiger partial charge >= 0.3 is 0 Å². The van der Waals surface area contributed by atoms with Gasteiger partial charge in [-0.1, -0.05) is 48.0 Å². The number of benzene rings is 3. The number of pyridine rings is 1. The third-order valence-corrected chi connectivity index (χ3v) is 7.90. The van der Waals surface area contributed by atoms with Crippen molar-refractivity contribution in [2.24, 2.45) is 0 Å². The van der Waals surface area contributed by atoms with E-state index in [-0.39, 0.29) is 6.61 Å². The molecule has 0 bridgehead atoms. The van der Waals surface area contributed by atoms with Crippen molar-refractivity contribution in [1.82, 2.24) is 9.88 Å². The van der Waals surface area contributed by atoms with E-state index in [9.17, 15) is 5.11 Å². The van der Waals surface area contributed by atoms with Crippen LogP contribution in [0.15, 0.2) is 72.9 Å². The maximum absolute atomic E-state index is 10.7. The Morgan fingerprint density at radius 2 is 1.70 bits per heavy atom. The number of hydrogen-bond acceptors (Lipinski definition) is 5. The molecule has 2 aliphatic rings. The lowest BCUT2D eigenvalue weighted by Crippen LogP contribution is -2.49. The number of aromatic nitrogens is 1. The van der Waals surface area contributed by atoms with Crippen LogP contribution in [0.1, 0.15) is 22.3 Å². The van der Waals surface area contributed by atoms with Crippen molar-refractivity contribution in [1.29, 1.82) is 0 Å². The average molecular weight is 514 g/mol. The molecular formula is C31H32ClN3O2. The first-order valence-corrected chi connectivity index (χ1v) is 13.5. The van der Waals surface area contributed by atoms with Crippen LogP contribution >= 0.6 is 11.6 Å². The van der Waals surface area contributed by atoms with Crippen molar-refractivity contribution < 1.29 is 9.84 Å². The zero-order valence-electron chi connectivity index (χ0n) is 20.9. The Morgan fingerprint density at radius 3 is 2.57 bits per heavy atom. The highest BCUT2D eigenvalue weighted by atomic mass is 35.5. The summed E-state index contributed by atoms with van der Waals surface area (Å²) >= 11 is 6.09. The van der Waals surface area contributed by atoms with Gasteiger partial charge in [-0.25, -0.2) is 0 Å². The van der Waals surface area contributed by atoms with Crippen LogP contribution in [-0.2, 0) is 19.3 Å². The first-order valence-electron chi connectivity index (χ1n) is 13.1. The normalized spacial score (nSPS) is 16.6. The summed E-state index contributed by atoms with van der Waals surface area (Å²) in [6.45, 7) is 4.63. The number of hydrogen-bond donors (Lipinski definition) is 1. The number of anilines is 1. The summed E-state index contributed by atoms with van der Waals surface area (Å²) in [5.41, 5.74) is 8.09. The van der Waals surface area contributed by atoms with Gasteiger partial charge in [0.25, 0.3) is 0 Å². The van der Waals surface area contributed by atoms with Crippen molar-refractivity contribution in [3.05, 3.63) is 100 Å². The van der Waals surface area contributed by atoms with Crippen LogP contribution in [-0.4, -0.2) is 60.4 Å². The number of fused-ring (bicyclic) bond motifs is 3. The first kappa shape index (κ1) is 24.2. The summed E-state index contributed by atoms with van der Waals surface area (Å²) in [6, 6.07) is 23.1. The molecule has 37 heavy (non-hydrogen) atoms. The van der Waals surface area contributed by atoms with Crippen molar-refractivity contribution in [2.75, 3.05) is 44.2 Å². The van der Waals surface area contributed by atoms with E-state index in [0.717, 1.165) is 62.1 Å². The summed E-state index contributed by atoms with van der Waals surface area (Å²) < 4.78 is 5.98. The summed E-state index contributed by atoms with van der Waals surface area (Å²) in [6.07, 6.45) is 4.36. The van der Waals surface area contributed by atoms with E-state index >= 15 is 0 Å². The molecule has 1 fully saturated rings. The second-order valence-electron chi connectivity index (χ2n) is 10.1. The fourth-order valence-corrected chi connectivity index (χ4v) is 5.91. The predicted molar refractivity (Wildman–Crippen MR) is 150 cm³/mol. The lowest BCUT2D eigenvalue weighted by Gasteiger charge is -2.38. The summed E-state index contributed by atoms with van der Waals surface area (Å²) in [4.78, 5) is 9.23. The SMILES string of the molecule is OC(COc1ccnc2cc(Cl)ccc12)CN1CCN(c2cccc3c2CCc2ccccc2C3)CC1. The highest BCUT2D eigenvalue weighted by Crippen LogP contribution is 2.32. The van der Waals surface area contributed by atoms with Crippen LogP contribution in [0.5, 0.6) is 5.75 Å². The number of aryl methyl sites for hydroxylation is 1. The highest BCUT2D eigenvalue weighted by molar-refractivity contribution is 6.31. The van der Waals surface area contributed by atoms with Gasteiger partial charge in [-0.3, -0.25) is 9.88 Å². The first-order chi connectivity index (χ1) is 18.1. The molecular weight excluding hydrogens is 482 g/mol. The topological polar surface area (TPSA) is 48.8 Å². The molecule has 3 aromatic carbocycles. The zero-order chi connectivity index (χ0) is 25.2. The smallest absolute Gasteiger partial charge is 0.130 e. The van der Waals surface area contributed by atoms with Crippen molar-refractivity contribution in [3.63, 3.8) is 0 Å². The third-order valence-electron chi connectivity index (χ3n) is 7.67. The molecule has 190 valence electrons. The number of piperazine rings is 1. The number of nitrogens with zero attached hydrogens (tertiary/aromatic N) is 3. The van der Waals surface area contributed by atoms with Gasteiger partial charge in [-0.05, 0) is 71.8 Å². The minimum atomic E-state index is -0.562. The number of ether oxygens (including phenoxy) is 1. The molecule has 6 rings (SSSR count). The molecule has 1 aromatic heterocycles. The fourth-order valence-electron chi connectivity index (χ4n) is 5.74. The maximum Gasteiger partial charge on any atom is 0.130 e. The Balaban J connectivity index is 1.05. The molecule has 1 aliphatic carbocycles. The number of β-amino-alcohol motifs (C(OH)–C–C–N with tert-alkyl or cyclic N) is 1. The lowest BCUT2D eigenvalue weighted by molar-refractivity contribution is 0.0668. The van der Waals surface area contributed by atoms with E-state index in [2.05, 4.69) is 57.2 Å². The summed E-state index contributed by atoms with van der Waals surface area (Å²) in [7, 11) is 0. The van der Waals surface area contributed by atoms with Gasteiger partial charge in [-0.2, -0.15) is 0 Å². The van der Waals surface area contributed by atoms with Crippen LogP contribution < -0.4 is 9.64 Å². The number of aliphatic hydroxyl groups is 1. The van der Waals surface area contributed by atoms with Crippen molar-refractivity contribution in [2.45, 2.75) is 25.4 Å². The molecule has 4 aromatic rings. The number of rotatable bonds is 6.